The van der Waals surface area contributed by atoms with Crippen molar-refractivity contribution in [2.45, 2.75) is 6.54 Å². The second-order valence-corrected chi connectivity index (χ2v) is 6.00. The number of nitrogens with one attached hydrogen (secondary N) is 2. The predicted molar refractivity (Wildman–Crippen MR) is 97.2 cm³/mol. The molecule has 5 rings (SSSR count). The molecule has 4 aromatic rings. The summed E-state index contributed by atoms with van der Waals surface area (Å²) in [5.41, 5.74) is 3.15. The standard InChI is InChI=1S/C18H13FN8/c19-12-5-3-4-11(8-12)9-20-18-21-10-13-16(23-18)22-14-6-1-2-7-15(14)27-17(13)24-25-26-27/h1-8,10H,9H2,(H2,20,21,22,23). The van der Waals surface area contributed by atoms with Gasteiger partial charge in [-0.25, -0.2) is 9.37 Å². The Hall–Kier alpha value is -3.88. The van der Waals surface area contributed by atoms with E-state index in [-0.39, 0.29) is 5.82 Å². The van der Waals surface area contributed by atoms with Gasteiger partial charge in [-0.05, 0) is 40.3 Å². The first kappa shape index (κ1) is 15.4. The third-order valence-electron chi connectivity index (χ3n) is 4.22. The Bertz CT molecular complexity index is 1140. The van der Waals surface area contributed by atoms with E-state index in [4.69, 9.17) is 0 Å². The highest BCUT2D eigenvalue weighted by Gasteiger charge is 2.23. The van der Waals surface area contributed by atoms with Crippen molar-refractivity contribution < 1.29 is 4.39 Å². The minimum absolute atomic E-state index is 0.276. The molecule has 132 valence electrons. The van der Waals surface area contributed by atoms with Crippen LogP contribution in [0.25, 0.3) is 17.1 Å². The second kappa shape index (κ2) is 6.13. The van der Waals surface area contributed by atoms with Crippen LogP contribution in [0.1, 0.15) is 5.56 Å². The normalized spacial score (nSPS) is 11.6. The van der Waals surface area contributed by atoms with Crippen LogP contribution in [0, 0.1) is 5.82 Å². The highest BCUT2D eigenvalue weighted by atomic mass is 19.1. The number of aromatic nitrogens is 6. The number of para-hydroxylation sites is 2. The Balaban J connectivity index is 1.50. The van der Waals surface area contributed by atoms with Gasteiger partial charge in [-0.2, -0.15) is 9.67 Å². The third kappa shape index (κ3) is 2.74. The fourth-order valence-corrected chi connectivity index (χ4v) is 2.96. The van der Waals surface area contributed by atoms with Gasteiger partial charge in [0.1, 0.15) is 11.6 Å². The molecule has 2 aromatic heterocycles. The van der Waals surface area contributed by atoms with Gasteiger partial charge in [-0.1, -0.05) is 24.3 Å². The van der Waals surface area contributed by atoms with E-state index in [1.807, 2.05) is 30.3 Å². The van der Waals surface area contributed by atoms with Crippen LogP contribution in [-0.2, 0) is 6.54 Å². The molecule has 0 saturated carbocycles. The lowest BCUT2D eigenvalue weighted by Gasteiger charge is -2.10. The lowest BCUT2D eigenvalue weighted by atomic mass is 10.2. The average Bonchev–Trinajstić information content (AvgIpc) is 3.12. The fraction of sp³-hybridized carbons (Fsp3) is 0.0556. The zero-order valence-electron chi connectivity index (χ0n) is 14.0. The minimum Gasteiger partial charge on any atom is -0.350 e. The minimum atomic E-state index is -0.276. The summed E-state index contributed by atoms with van der Waals surface area (Å²) >= 11 is 0. The summed E-state index contributed by atoms with van der Waals surface area (Å²) in [5, 5.41) is 18.4. The summed E-state index contributed by atoms with van der Waals surface area (Å²) in [6, 6.07) is 14.1. The van der Waals surface area contributed by atoms with E-state index in [1.165, 1.54) is 12.1 Å². The molecule has 1 aliphatic rings. The van der Waals surface area contributed by atoms with Crippen LogP contribution in [0.4, 0.5) is 21.8 Å². The van der Waals surface area contributed by atoms with Crippen LogP contribution >= 0.6 is 0 Å². The third-order valence-corrected chi connectivity index (χ3v) is 4.22. The molecule has 0 bridgehead atoms. The quantitative estimate of drug-likeness (QED) is 0.511. The maximum atomic E-state index is 13.3. The SMILES string of the molecule is Fc1cccc(CNc2ncc3c(n2)Nc2ccccc2-n2nnnc2-3)c1. The lowest BCUT2D eigenvalue weighted by Crippen LogP contribution is -2.06. The van der Waals surface area contributed by atoms with Crippen LogP contribution in [0.3, 0.4) is 0 Å². The molecule has 0 aliphatic carbocycles. The maximum absolute atomic E-state index is 13.3. The van der Waals surface area contributed by atoms with Gasteiger partial charge in [-0.15, -0.1) is 5.10 Å². The summed E-state index contributed by atoms with van der Waals surface area (Å²) in [7, 11) is 0. The van der Waals surface area contributed by atoms with E-state index in [1.54, 1.807) is 16.9 Å². The molecule has 2 aromatic carbocycles. The van der Waals surface area contributed by atoms with Crippen molar-refractivity contribution in [1.82, 2.24) is 30.2 Å². The van der Waals surface area contributed by atoms with E-state index in [0.717, 1.165) is 16.9 Å². The number of rotatable bonds is 3. The smallest absolute Gasteiger partial charge is 0.224 e. The van der Waals surface area contributed by atoms with Crippen molar-refractivity contribution >= 4 is 17.5 Å². The van der Waals surface area contributed by atoms with Gasteiger partial charge in [-0.3, -0.25) is 0 Å². The Morgan fingerprint density at radius 2 is 2.04 bits per heavy atom. The highest BCUT2D eigenvalue weighted by Crippen LogP contribution is 2.35. The van der Waals surface area contributed by atoms with Crippen molar-refractivity contribution in [2.75, 3.05) is 10.6 Å². The second-order valence-electron chi connectivity index (χ2n) is 6.00. The van der Waals surface area contributed by atoms with Gasteiger partial charge in [0.2, 0.25) is 5.95 Å². The van der Waals surface area contributed by atoms with Gasteiger partial charge in [0.25, 0.3) is 0 Å². The molecule has 2 N–H and O–H groups in total. The molecule has 8 nitrogen and oxygen atoms in total. The van der Waals surface area contributed by atoms with Gasteiger partial charge < -0.3 is 10.6 Å². The predicted octanol–water partition coefficient (Wildman–Crippen LogP) is 2.93. The summed E-state index contributed by atoms with van der Waals surface area (Å²) < 4.78 is 15.0. The summed E-state index contributed by atoms with van der Waals surface area (Å²) in [4.78, 5) is 8.90. The zero-order chi connectivity index (χ0) is 18.2. The van der Waals surface area contributed by atoms with E-state index in [2.05, 4.69) is 36.1 Å². The summed E-state index contributed by atoms with van der Waals surface area (Å²) in [6.45, 7) is 0.408. The van der Waals surface area contributed by atoms with Crippen LogP contribution in [0.5, 0.6) is 0 Å². The molecule has 3 heterocycles. The zero-order valence-corrected chi connectivity index (χ0v) is 14.0. The highest BCUT2D eigenvalue weighted by molar-refractivity contribution is 5.81. The Kier molecular flexibility index (Phi) is 3.49. The molecule has 0 saturated heterocycles. The van der Waals surface area contributed by atoms with Crippen molar-refractivity contribution in [2.24, 2.45) is 0 Å². The van der Waals surface area contributed by atoms with Crippen LogP contribution in [0.15, 0.2) is 54.7 Å². The number of nitrogens with zero attached hydrogens (tertiary/aromatic N) is 6. The number of anilines is 3. The summed E-state index contributed by atoms with van der Waals surface area (Å²) in [5.74, 6) is 1.29. The molecule has 0 atom stereocenters. The van der Waals surface area contributed by atoms with Crippen molar-refractivity contribution in [3.05, 3.63) is 66.1 Å². The lowest BCUT2D eigenvalue weighted by molar-refractivity contribution is 0.626. The molecule has 0 amide bonds. The van der Waals surface area contributed by atoms with Gasteiger partial charge in [0.05, 0.1) is 16.9 Å². The Morgan fingerprint density at radius 3 is 2.96 bits per heavy atom. The number of halogens is 1. The first-order valence-electron chi connectivity index (χ1n) is 8.28. The number of hydrogen-bond acceptors (Lipinski definition) is 7. The molecule has 27 heavy (non-hydrogen) atoms. The fourth-order valence-electron chi connectivity index (χ4n) is 2.96. The average molecular weight is 360 g/mol. The summed E-state index contributed by atoms with van der Waals surface area (Å²) in [6.07, 6.45) is 1.66. The van der Waals surface area contributed by atoms with E-state index in [0.29, 0.717) is 29.7 Å². The number of tetrazole rings is 1. The Morgan fingerprint density at radius 1 is 1.11 bits per heavy atom. The van der Waals surface area contributed by atoms with Crippen molar-refractivity contribution in [1.29, 1.82) is 0 Å². The van der Waals surface area contributed by atoms with Crippen LogP contribution < -0.4 is 10.6 Å². The van der Waals surface area contributed by atoms with Gasteiger partial charge >= 0.3 is 0 Å². The monoisotopic (exact) mass is 360 g/mol. The first-order valence-corrected chi connectivity index (χ1v) is 8.28. The molecule has 0 unspecified atom stereocenters. The molecule has 9 heteroatoms. The largest absolute Gasteiger partial charge is 0.350 e. The van der Waals surface area contributed by atoms with Crippen molar-refractivity contribution in [3.63, 3.8) is 0 Å². The molecular weight excluding hydrogens is 347 g/mol. The van der Waals surface area contributed by atoms with Gasteiger partial charge in [0.15, 0.2) is 5.82 Å². The van der Waals surface area contributed by atoms with E-state index < -0.39 is 0 Å². The molecule has 1 aliphatic heterocycles. The maximum Gasteiger partial charge on any atom is 0.224 e. The van der Waals surface area contributed by atoms with Crippen LogP contribution in [0.2, 0.25) is 0 Å². The first-order chi connectivity index (χ1) is 13.3. The van der Waals surface area contributed by atoms with Crippen LogP contribution in [-0.4, -0.2) is 30.2 Å². The number of fused-ring (bicyclic) bond motifs is 5. The molecular formula is C18H13FN8. The number of hydrogen-bond donors (Lipinski definition) is 2. The van der Waals surface area contributed by atoms with E-state index in [9.17, 15) is 4.39 Å². The van der Waals surface area contributed by atoms with Crippen molar-refractivity contribution in [3.8, 4) is 17.1 Å². The molecule has 0 spiro atoms. The molecule has 0 radical (unpaired) electrons. The molecule has 0 fully saturated rings. The topological polar surface area (TPSA) is 93.4 Å². The van der Waals surface area contributed by atoms with E-state index >= 15 is 0 Å². The number of benzene rings is 2. The Labute approximate surface area is 153 Å². The van der Waals surface area contributed by atoms with Gasteiger partial charge in [0, 0.05) is 12.7 Å².